The average Bonchev–Trinajstić information content (AvgIpc) is 3.61. The molecule has 6 rings (SSSR count). The highest BCUT2D eigenvalue weighted by Crippen LogP contribution is 2.64. The van der Waals surface area contributed by atoms with E-state index in [0.29, 0.717) is 0 Å². The van der Waals surface area contributed by atoms with E-state index in [1.54, 1.807) is 0 Å². The molecule has 3 saturated heterocycles. The first-order valence-electron chi connectivity index (χ1n) is 12.5. The first-order chi connectivity index (χ1) is 20.9. The largest absolute Gasteiger partial charge is 0.472 e. The van der Waals surface area contributed by atoms with E-state index in [4.69, 9.17) is 37.5 Å². The fourth-order valence-electron chi connectivity index (χ4n) is 4.84. The van der Waals surface area contributed by atoms with Crippen LogP contribution in [0.15, 0.2) is 34.5 Å². The molecule has 0 aliphatic carbocycles. The number of ether oxygens (including phenoxy) is 2. The van der Waals surface area contributed by atoms with Crippen molar-refractivity contribution < 1.29 is 54.6 Å². The molecule has 1 unspecified atom stereocenters. The number of fused-ring (bicyclic) bond motifs is 5. The normalized spacial score (nSPS) is 38.1. The van der Waals surface area contributed by atoms with E-state index in [0.717, 1.165) is 36.6 Å². The Hall–Kier alpha value is -2.62. The second kappa shape index (κ2) is 12.0. The van der Waals surface area contributed by atoms with Crippen LogP contribution in [0.1, 0.15) is 12.5 Å². The van der Waals surface area contributed by atoms with Crippen LogP contribution in [0.5, 0.6) is 0 Å². The number of aromatic amines is 1. The summed E-state index contributed by atoms with van der Waals surface area (Å²) in [4.78, 5) is 48.5. The molecule has 3 aliphatic rings. The number of imidazole rings is 1. The van der Waals surface area contributed by atoms with Crippen LogP contribution >= 0.6 is 26.3 Å². The SMILES string of the molecule is COS[P@]1(=O)OC[C@H]2O[C@@H](n3cnc4c(N)ncnc43)[C@H](OP(=O)(O)OC[C@H]3O[C@@H](n4ccc(=O)[nH]c4=O)[C@H](O1)[C@@H]3F)[C@@H]2F. The molecule has 6 heterocycles. The number of nitrogens with zero attached hydrogens (tertiary/aromatic N) is 5. The number of halogens is 2. The quantitative estimate of drug-likeness (QED) is 0.253. The van der Waals surface area contributed by atoms with Gasteiger partial charge in [0, 0.05) is 12.3 Å². The van der Waals surface area contributed by atoms with Crippen molar-refractivity contribution in [2.75, 3.05) is 26.1 Å². The molecule has 3 aromatic rings. The third-order valence-electron chi connectivity index (χ3n) is 6.79. The highest BCUT2D eigenvalue weighted by Gasteiger charge is 2.55. The van der Waals surface area contributed by atoms with Crippen LogP contribution < -0.4 is 17.0 Å². The lowest BCUT2D eigenvalue weighted by Gasteiger charge is -2.26. The monoisotopic (exact) mass is 685 g/mol. The zero-order valence-corrected chi connectivity index (χ0v) is 24.8. The molecule has 4 N–H and O–H groups in total. The van der Waals surface area contributed by atoms with E-state index in [9.17, 15) is 23.6 Å². The molecule has 10 atom stereocenters. The Morgan fingerprint density at radius 1 is 1.05 bits per heavy atom. The first-order valence-corrected chi connectivity index (χ1v) is 16.9. The number of aromatic nitrogens is 6. The van der Waals surface area contributed by atoms with E-state index in [1.165, 1.54) is 4.57 Å². The summed E-state index contributed by atoms with van der Waals surface area (Å²) in [6.07, 6.45) is -11.5. The smallest absolute Gasteiger partial charge is 0.382 e. The summed E-state index contributed by atoms with van der Waals surface area (Å²) in [7, 11) is -4.08. The van der Waals surface area contributed by atoms with Gasteiger partial charge in [-0.25, -0.2) is 37.7 Å². The molecule has 0 amide bonds. The van der Waals surface area contributed by atoms with E-state index in [2.05, 4.69) is 15.0 Å². The maximum Gasteiger partial charge on any atom is 0.472 e. The van der Waals surface area contributed by atoms with Crippen LogP contribution in [0.2, 0.25) is 0 Å². The van der Waals surface area contributed by atoms with Crippen molar-refractivity contribution in [1.29, 1.82) is 0 Å². The van der Waals surface area contributed by atoms with Gasteiger partial charge >= 0.3 is 20.3 Å². The topological polar surface area (TPSA) is 243 Å². The van der Waals surface area contributed by atoms with Crippen molar-refractivity contribution in [3.63, 3.8) is 0 Å². The molecule has 0 spiro atoms. The lowest BCUT2D eigenvalue weighted by molar-refractivity contribution is -0.0649. The van der Waals surface area contributed by atoms with Crippen molar-refractivity contribution in [3.8, 4) is 0 Å². The summed E-state index contributed by atoms with van der Waals surface area (Å²) in [5.74, 6) is -0.0108. The van der Waals surface area contributed by atoms with Crippen LogP contribution in [0.3, 0.4) is 0 Å². The highest BCUT2D eigenvalue weighted by atomic mass is 32.7. The number of alkyl halides is 2. The molecule has 19 nitrogen and oxygen atoms in total. The second-order valence-corrected chi connectivity index (χ2v) is 14.5. The summed E-state index contributed by atoms with van der Waals surface area (Å²) >= 11 is 0.160. The molecule has 0 radical (unpaired) electrons. The van der Waals surface area contributed by atoms with Crippen molar-refractivity contribution in [3.05, 3.63) is 45.8 Å². The number of phosphoric acid groups is 1. The molecule has 3 aromatic heterocycles. The van der Waals surface area contributed by atoms with E-state index >= 15 is 8.78 Å². The van der Waals surface area contributed by atoms with Crippen molar-refractivity contribution in [2.24, 2.45) is 0 Å². The lowest BCUT2D eigenvalue weighted by atomic mass is 10.1. The zero-order chi connectivity index (χ0) is 31.4. The van der Waals surface area contributed by atoms with Gasteiger partial charge in [0.1, 0.15) is 47.9 Å². The minimum absolute atomic E-state index is 0.0108. The van der Waals surface area contributed by atoms with Gasteiger partial charge in [-0.2, -0.15) is 0 Å². The number of phosphoric ester groups is 1. The van der Waals surface area contributed by atoms with E-state index < -0.39 is 88.3 Å². The van der Waals surface area contributed by atoms with Crippen molar-refractivity contribution in [1.82, 2.24) is 29.1 Å². The maximum absolute atomic E-state index is 15.9. The van der Waals surface area contributed by atoms with Gasteiger partial charge in [-0.05, 0) is 0 Å². The fourth-order valence-corrected chi connectivity index (χ4v) is 8.20. The number of anilines is 1. The molecular formula is C20H23F2N7O12P2S. The summed E-state index contributed by atoms with van der Waals surface area (Å²) in [5.41, 5.74) is 4.20. The van der Waals surface area contributed by atoms with Crippen LogP contribution in [-0.2, 0) is 40.9 Å². The zero-order valence-electron chi connectivity index (χ0n) is 22.2. The van der Waals surface area contributed by atoms with Crippen LogP contribution in [0, 0.1) is 0 Å². The van der Waals surface area contributed by atoms with Gasteiger partial charge in [-0.1, -0.05) is 0 Å². The first kappa shape index (κ1) is 31.4. The Morgan fingerprint density at radius 3 is 2.39 bits per heavy atom. The molecule has 24 heteroatoms. The van der Waals surface area contributed by atoms with E-state index in [-0.39, 0.29) is 28.6 Å². The number of hydrogen-bond donors (Lipinski definition) is 3. The molecule has 4 bridgehead atoms. The number of nitrogens with two attached hydrogens (primary N) is 1. The third kappa shape index (κ3) is 5.87. The van der Waals surface area contributed by atoms with Gasteiger partial charge in [-0.3, -0.25) is 37.0 Å². The Kier molecular flexibility index (Phi) is 8.52. The summed E-state index contributed by atoms with van der Waals surface area (Å²) in [6, 6.07) is 0.937. The van der Waals surface area contributed by atoms with Gasteiger partial charge < -0.3 is 24.3 Å². The summed E-state index contributed by atoms with van der Waals surface area (Å²) < 4.78 is 97.7. The number of nitrogen functional groups attached to an aromatic ring is 1. The highest BCUT2D eigenvalue weighted by molar-refractivity contribution is 8.52. The van der Waals surface area contributed by atoms with Gasteiger partial charge in [0.05, 0.1) is 26.7 Å². The number of hydrogen-bond acceptors (Lipinski definition) is 16. The van der Waals surface area contributed by atoms with Gasteiger partial charge in [0.2, 0.25) is 0 Å². The minimum atomic E-state index is -5.19. The minimum Gasteiger partial charge on any atom is -0.382 e. The van der Waals surface area contributed by atoms with Crippen molar-refractivity contribution >= 4 is 43.3 Å². The fraction of sp³-hybridized carbons (Fsp3) is 0.550. The molecule has 44 heavy (non-hydrogen) atoms. The van der Waals surface area contributed by atoms with Gasteiger partial charge in [-0.15, -0.1) is 0 Å². The van der Waals surface area contributed by atoms with Crippen molar-refractivity contribution in [2.45, 2.75) is 49.2 Å². The van der Waals surface area contributed by atoms with Gasteiger partial charge in [0.15, 0.2) is 36.3 Å². The van der Waals surface area contributed by atoms with Crippen LogP contribution in [-0.4, -0.2) is 91.0 Å². The van der Waals surface area contributed by atoms with Crippen LogP contribution in [0.25, 0.3) is 11.2 Å². The van der Waals surface area contributed by atoms with Gasteiger partial charge in [0.25, 0.3) is 5.56 Å². The molecule has 240 valence electrons. The Balaban J connectivity index is 1.36. The summed E-state index contributed by atoms with van der Waals surface area (Å²) in [5, 5.41) is 0. The third-order valence-corrected chi connectivity index (χ3v) is 10.6. The predicted molar refractivity (Wildman–Crippen MR) is 142 cm³/mol. The lowest BCUT2D eigenvalue weighted by Crippen LogP contribution is -2.38. The Labute approximate surface area is 248 Å². The number of nitrogens with one attached hydrogen (secondary N) is 1. The average molecular weight is 685 g/mol. The number of H-pyrrole nitrogens is 1. The number of rotatable bonds is 4. The second-order valence-electron chi connectivity index (χ2n) is 9.51. The standard InChI is InChI=1S/C20H23F2N7O12P2S/c1-35-44-43(34)37-5-9-11(21)14(19(39-9)29-7-26-13-16(23)24-6-25-17(13)29)40-42(32,33)36-4-8-12(22)15(41-43)18(38-8)28-3-2-10(30)27-20(28)31/h2-3,6-9,11-12,14-15,18-19H,4-5H2,1H3,(H,32,33)(H2,23,24,25)(H,27,30,31)/t8-,9-,11-,12-,14-,15-,18-,19-,43-/m1/s1. The molecule has 0 aromatic carbocycles. The Morgan fingerprint density at radius 2 is 1.70 bits per heavy atom. The molecule has 0 saturated carbocycles. The Bertz CT molecular complexity index is 1760. The maximum atomic E-state index is 15.9. The summed E-state index contributed by atoms with van der Waals surface area (Å²) in [6.45, 7) is -6.38. The predicted octanol–water partition coefficient (Wildman–Crippen LogP) is 0.750. The van der Waals surface area contributed by atoms with Crippen LogP contribution in [0.4, 0.5) is 14.6 Å². The molecule has 3 fully saturated rings. The van der Waals surface area contributed by atoms with E-state index in [1.807, 2.05) is 4.98 Å². The molecular weight excluding hydrogens is 662 g/mol. The molecule has 3 aliphatic heterocycles.